The zero-order chi connectivity index (χ0) is 13.7. The van der Waals surface area contributed by atoms with Crippen molar-refractivity contribution >= 4 is 0 Å². The molecule has 0 spiro atoms. The van der Waals surface area contributed by atoms with E-state index in [0.29, 0.717) is 0 Å². The first-order chi connectivity index (χ1) is 9.20. The SMILES string of the molecule is COc1cccc(CC(N)C2(OC)CCOCC2)c1. The Morgan fingerprint density at radius 3 is 2.68 bits per heavy atom. The number of rotatable bonds is 5. The second-order valence-electron chi connectivity index (χ2n) is 5.04. The van der Waals surface area contributed by atoms with E-state index in [9.17, 15) is 0 Å². The van der Waals surface area contributed by atoms with E-state index in [1.165, 1.54) is 5.56 Å². The van der Waals surface area contributed by atoms with Crippen LogP contribution in [0.2, 0.25) is 0 Å². The third kappa shape index (κ3) is 3.26. The first kappa shape index (κ1) is 14.3. The Kier molecular flexibility index (Phi) is 4.80. The molecule has 0 saturated carbocycles. The smallest absolute Gasteiger partial charge is 0.119 e. The van der Waals surface area contributed by atoms with Crippen LogP contribution in [-0.2, 0) is 15.9 Å². The van der Waals surface area contributed by atoms with Crippen molar-refractivity contribution < 1.29 is 14.2 Å². The van der Waals surface area contributed by atoms with E-state index in [1.807, 2.05) is 18.2 Å². The number of hydrogen-bond acceptors (Lipinski definition) is 4. The molecule has 0 radical (unpaired) electrons. The average Bonchev–Trinajstić information content (AvgIpc) is 2.48. The molecule has 0 aromatic heterocycles. The number of ether oxygens (including phenoxy) is 3. The lowest BCUT2D eigenvalue weighted by Crippen LogP contribution is -2.53. The minimum Gasteiger partial charge on any atom is -0.497 e. The molecule has 4 nitrogen and oxygen atoms in total. The third-order valence-corrected chi connectivity index (χ3v) is 4.01. The van der Waals surface area contributed by atoms with Gasteiger partial charge in [0.2, 0.25) is 0 Å². The highest BCUT2D eigenvalue weighted by atomic mass is 16.5. The van der Waals surface area contributed by atoms with Gasteiger partial charge in [-0.1, -0.05) is 12.1 Å². The van der Waals surface area contributed by atoms with Crippen LogP contribution in [0.25, 0.3) is 0 Å². The molecule has 2 N–H and O–H groups in total. The lowest BCUT2D eigenvalue weighted by molar-refractivity contribution is -0.103. The molecule has 0 aliphatic carbocycles. The maximum atomic E-state index is 6.40. The summed E-state index contributed by atoms with van der Waals surface area (Å²) >= 11 is 0. The second-order valence-corrected chi connectivity index (χ2v) is 5.04. The molecule has 1 heterocycles. The maximum Gasteiger partial charge on any atom is 0.119 e. The summed E-state index contributed by atoms with van der Waals surface area (Å²) < 4.78 is 16.4. The van der Waals surface area contributed by atoms with Crippen LogP contribution in [0, 0.1) is 0 Å². The molecule has 0 bridgehead atoms. The fourth-order valence-electron chi connectivity index (χ4n) is 2.68. The summed E-state index contributed by atoms with van der Waals surface area (Å²) in [7, 11) is 3.42. The maximum absolute atomic E-state index is 6.40. The van der Waals surface area contributed by atoms with E-state index < -0.39 is 0 Å². The van der Waals surface area contributed by atoms with Crippen LogP contribution in [0.5, 0.6) is 5.75 Å². The van der Waals surface area contributed by atoms with Crippen molar-refractivity contribution in [1.29, 1.82) is 0 Å². The van der Waals surface area contributed by atoms with Crippen LogP contribution in [0.15, 0.2) is 24.3 Å². The minimum atomic E-state index is -0.263. The molecule has 1 saturated heterocycles. The molecule has 1 unspecified atom stereocenters. The van der Waals surface area contributed by atoms with Crippen LogP contribution in [0.3, 0.4) is 0 Å². The summed E-state index contributed by atoms with van der Waals surface area (Å²) in [6, 6.07) is 8.00. The summed E-state index contributed by atoms with van der Waals surface area (Å²) in [5.74, 6) is 0.864. The van der Waals surface area contributed by atoms with Crippen molar-refractivity contribution in [2.75, 3.05) is 27.4 Å². The molecule has 19 heavy (non-hydrogen) atoms. The Labute approximate surface area is 114 Å². The zero-order valence-electron chi connectivity index (χ0n) is 11.7. The highest BCUT2D eigenvalue weighted by Crippen LogP contribution is 2.29. The third-order valence-electron chi connectivity index (χ3n) is 4.01. The summed E-state index contributed by atoms with van der Waals surface area (Å²) in [4.78, 5) is 0. The lowest BCUT2D eigenvalue weighted by atomic mass is 9.83. The number of nitrogens with two attached hydrogens (primary N) is 1. The van der Waals surface area contributed by atoms with Gasteiger partial charge in [-0.25, -0.2) is 0 Å². The fraction of sp³-hybridized carbons (Fsp3) is 0.600. The van der Waals surface area contributed by atoms with Crippen molar-refractivity contribution in [3.63, 3.8) is 0 Å². The number of benzene rings is 1. The first-order valence-electron chi connectivity index (χ1n) is 6.71. The van der Waals surface area contributed by atoms with Crippen LogP contribution >= 0.6 is 0 Å². The summed E-state index contributed by atoms with van der Waals surface area (Å²) in [6.07, 6.45) is 2.49. The predicted octanol–water partition coefficient (Wildman–Crippen LogP) is 1.76. The van der Waals surface area contributed by atoms with Gasteiger partial charge < -0.3 is 19.9 Å². The molecule has 2 rings (SSSR count). The highest BCUT2D eigenvalue weighted by Gasteiger charge is 2.38. The fourth-order valence-corrected chi connectivity index (χ4v) is 2.68. The molecule has 1 aliphatic rings. The van der Waals surface area contributed by atoms with E-state index in [2.05, 4.69) is 6.07 Å². The van der Waals surface area contributed by atoms with Gasteiger partial charge in [0.1, 0.15) is 5.75 Å². The molecular formula is C15H23NO3. The molecule has 106 valence electrons. The highest BCUT2D eigenvalue weighted by molar-refractivity contribution is 5.29. The monoisotopic (exact) mass is 265 g/mol. The Morgan fingerprint density at radius 1 is 1.32 bits per heavy atom. The molecular weight excluding hydrogens is 242 g/mol. The Balaban J connectivity index is 2.07. The lowest BCUT2D eigenvalue weighted by Gasteiger charge is -2.40. The molecule has 1 aromatic carbocycles. The van der Waals surface area contributed by atoms with Gasteiger partial charge in [0, 0.05) is 39.2 Å². The van der Waals surface area contributed by atoms with Gasteiger partial charge in [0.25, 0.3) is 0 Å². The molecule has 1 aromatic rings. The van der Waals surface area contributed by atoms with Crippen LogP contribution in [0.4, 0.5) is 0 Å². The van der Waals surface area contributed by atoms with E-state index in [1.54, 1.807) is 14.2 Å². The van der Waals surface area contributed by atoms with Gasteiger partial charge in [0.05, 0.1) is 12.7 Å². The molecule has 4 heteroatoms. The average molecular weight is 265 g/mol. The summed E-state index contributed by atoms with van der Waals surface area (Å²) in [5, 5.41) is 0. The predicted molar refractivity (Wildman–Crippen MR) is 74.5 cm³/mol. The van der Waals surface area contributed by atoms with Crippen molar-refractivity contribution in [2.24, 2.45) is 5.73 Å². The number of methoxy groups -OCH3 is 2. The van der Waals surface area contributed by atoms with Crippen LogP contribution < -0.4 is 10.5 Å². The second kappa shape index (κ2) is 6.37. The van der Waals surface area contributed by atoms with E-state index in [0.717, 1.165) is 38.2 Å². The van der Waals surface area contributed by atoms with Crippen LogP contribution in [0.1, 0.15) is 18.4 Å². The number of hydrogen-bond donors (Lipinski definition) is 1. The summed E-state index contributed by atoms with van der Waals surface area (Å²) in [5.41, 5.74) is 7.31. The zero-order valence-corrected chi connectivity index (χ0v) is 11.7. The van der Waals surface area contributed by atoms with Gasteiger partial charge in [-0.15, -0.1) is 0 Å². The Bertz CT molecular complexity index is 402. The first-order valence-corrected chi connectivity index (χ1v) is 6.71. The van der Waals surface area contributed by atoms with Gasteiger partial charge in [-0.05, 0) is 24.1 Å². The van der Waals surface area contributed by atoms with E-state index >= 15 is 0 Å². The van der Waals surface area contributed by atoms with Gasteiger partial charge in [-0.2, -0.15) is 0 Å². The van der Waals surface area contributed by atoms with Crippen molar-refractivity contribution in [2.45, 2.75) is 30.9 Å². The van der Waals surface area contributed by atoms with Crippen molar-refractivity contribution in [3.05, 3.63) is 29.8 Å². The molecule has 1 aliphatic heterocycles. The normalized spacial score (nSPS) is 19.9. The van der Waals surface area contributed by atoms with Crippen molar-refractivity contribution in [3.8, 4) is 5.75 Å². The topological polar surface area (TPSA) is 53.7 Å². The minimum absolute atomic E-state index is 0.0338. The molecule has 0 amide bonds. The van der Waals surface area contributed by atoms with Gasteiger partial charge >= 0.3 is 0 Å². The molecule has 1 atom stereocenters. The van der Waals surface area contributed by atoms with E-state index in [-0.39, 0.29) is 11.6 Å². The Morgan fingerprint density at radius 2 is 2.05 bits per heavy atom. The Hall–Kier alpha value is -1.10. The summed E-state index contributed by atoms with van der Waals surface area (Å²) in [6.45, 7) is 1.44. The van der Waals surface area contributed by atoms with Crippen LogP contribution in [-0.4, -0.2) is 39.1 Å². The van der Waals surface area contributed by atoms with Gasteiger partial charge in [-0.3, -0.25) is 0 Å². The largest absolute Gasteiger partial charge is 0.497 e. The molecule has 1 fully saturated rings. The van der Waals surface area contributed by atoms with Crippen molar-refractivity contribution in [1.82, 2.24) is 0 Å². The standard InChI is InChI=1S/C15H23NO3/c1-17-13-5-3-4-12(10-13)11-14(16)15(18-2)6-8-19-9-7-15/h3-5,10,14H,6-9,11,16H2,1-2H3. The quantitative estimate of drug-likeness (QED) is 0.881. The van der Waals surface area contributed by atoms with E-state index in [4.69, 9.17) is 19.9 Å². The van der Waals surface area contributed by atoms with Gasteiger partial charge in [0.15, 0.2) is 0 Å².